The van der Waals surface area contributed by atoms with Crippen molar-refractivity contribution in [3.05, 3.63) is 149 Å². The quantitative estimate of drug-likeness (QED) is 0.00353. The number of carboxylic acids is 2. The molecule has 11 N–H and O–H groups in total. The van der Waals surface area contributed by atoms with Crippen molar-refractivity contribution in [1.29, 1.82) is 0 Å². The van der Waals surface area contributed by atoms with Crippen molar-refractivity contribution in [2.24, 2.45) is 29.4 Å². The average molecular weight is 2010 g/mol. The van der Waals surface area contributed by atoms with Crippen molar-refractivity contribution < 1.29 is 197 Å². The molecule has 13 atom stereocenters. The predicted octanol–water partition coefficient (Wildman–Crippen LogP) is 12.2. The van der Waals surface area contributed by atoms with Crippen molar-refractivity contribution in [3.8, 4) is 0 Å². The number of alkyl halides is 7. The number of carbonyl (C=O) groups is 11. The number of ether oxygens (including phenoxy) is 7. The zero-order valence-electron chi connectivity index (χ0n) is 88.9. The van der Waals surface area contributed by atoms with Gasteiger partial charge < -0.3 is 117 Å². The summed E-state index contributed by atoms with van der Waals surface area (Å²) in [5.74, 6) is -7.92. The van der Waals surface area contributed by atoms with E-state index in [4.69, 9.17) is 70.2 Å². The summed E-state index contributed by atoms with van der Waals surface area (Å²) in [7, 11) is -0.833. The van der Waals surface area contributed by atoms with Crippen LogP contribution in [0.25, 0.3) is 0 Å². The van der Waals surface area contributed by atoms with Gasteiger partial charge in [0.15, 0.2) is 0 Å². The Hall–Kier alpha value is -7.57. The summed E-state index contributed by atoms with van der Waals surface area (Å²) in [4.78, 5) is 118. The molecular weight excluding hydrogens is 1860 g/mol. The summed E-state index contributed by atoms with van der Waals surface area (Å²) in [6, 6.07) is 30.7. The third-order valence-corrected chi connectivity index (χ3v) is 14.6. The van der Waals surface area contributed by atoms with Gasteiger partial charge in [-0.05, 0) is 166 Å². The molecule has 0 aromatic heterocycles. The Morgan fingerprint density at radius 3 is 1.24 bits per heavy atom. The number of hydrogen-bond acceptors (Lipinski definition) is 23. The van der Waals surface area contributed by atoms with Crippen LogP contribution in [0, 0.1) is 31.0 Å². The molecule has 3 fully saturated rings. The van der Waals surface area contributed by atoms with E-state index in [0.29, 0.717) is 11.1 Å². The molecule has 3 saturated heterocycles. The van der Waals surface area contributed by atoms with Gasteiger partial charge in [-0.3, -0.25) is 38.4 Å². The number of nitrogens with two attached hydrogens (primary N) is 1. The Kier molecular flexibility index (Phi) is 53.6. The molecule has 0 bridgehead atoms. The van der Waals surface area contributed by atoms with Crippen LogP contribution in [0.15, 0.2) is 120 Å². The Labute approximate surface area is 797 Å². The number of carbonyl (C=O) groups excluding carboxylic acids is 9. The van der Waals surface area contributed by atoms with Crippen LogP contribution in [-0.2, 0) is 86.5 Å². The average Bonchev–Trinajstić information content (AvgIpc) is 1.66. The minimum Gasteiger partial charge on any atom is -1.00 e. The summed E-state index contributed by atoms with van der Waals surface area (Å²) < 4.78 is 245. The Balaban J connectivity index is -0.000000235. The molecule has 3 amide bonds. The predicted molar refractivity (Wildman–Crippen MR) is 456 cm³/mol. The standard InChI is InChI=1S/C12H13NO4.C12H14O4.C12H16O3.C8H4BrF3O.C8H16FNO2.C7H12FNO2.C7H13FO2.C7H15FO.C7H13NO3.C2H3ClO.C2H6O.CH3.HI.Mg.H2/c14-11(6-10-8-17-12(15)13-10)16-7-9-4-2-1-3-5-9;1-9(12(14)15)7-11(13)16-8-10-5-3-2-4-6-10;1-10(8-13)7-12(14)15-9-11-5-3-2-4-6-11;9-6-3-1-5(2-4-6)7(13)8(10,11)12;1-4-12-7(11)6(10)5-8(2,3)9;1-7(2,8)3-5-4-11-6(10)9-5;1-5(6(9)10)4-7(2,3)8;1-6(5-9)4-7(2,3)8;1-7(2,10)3-5-4-11-6(9)8-5;1-2(3)4;1-2-3;;;;/h1-5,10H,6-8H2,(H,13,15);2-6,9H,7-8H2,1H3,(H,14,15);2-6,10,13H,7-9H2,1H3;1-4H;6H,4-5,10H2,1-3H3;5H,3-4H2,1-2H3,(H,9,10);5H,4H2,1-3H3,(H,9,10);6,9H,4-5H2,1-3H3;5,10H,3-4H2,1-2H3,(H,8,9);1H3;3H,2H2,1H3;1H3;1H;;1H/q;;;;;;;;;;;-1;;+2;/p-1/t10-;9-;10-;;6-;2*5-;6-;5-;;;;;;/m000.00000....../s1/i;;;;2D3;1D3;2*2D3;1D3;;;1D3;;;1+1/t;;;;6-,8?;2*5-,7?;6-,7?;5-,7?;;;;;;. The molecule has 5 unspecified atom stereocenters. The number of ketones is 1. The number of Topliss-reactive ketones (excluding diaryl/α,β-unsaturated/α-hetero) is 1. The molecule has 39 heteroatoms. The van der Waals surface area contributed by atoms with Crippen molar-refractivity contribution >= 4 is 116 Å². The van der Waals surface area contributed by atoms with Gasteiger partial charge in [0.1, 0.15) is 68.4 Å². The van der Waals surface area contributed by atoms with E-state index in [9.17, 15) is 88.6 Å². The van der Waals surface area contributed by atoms with Crippen LogP contribution < -0.4 is 45.7 Å². The van der Waals surface area contributed by atoms with Crippen LogP contribution in [0.1, 0.15) is 222 Å². The number of nitrogens with one attached hydrogen (secondary N) is 3. The summed E-state index contributed by atoms with van der Waals surface area (Å²) in [5, 5.41) is 58.5. The molecule has 124 heavy (non-hydrogen) atoms. The van der Waals surface area contributed by atoms with Crippen LogP contribution in [0.5, 0.6) is 0 Å². The maximum Gasteiger partial charge on any atom is 2.00 e. The number of aliphatic carboxylic acids is 2. The van der Waals surface area contributed by atoms with Gasteiger partial charge in [0.05, 0.1) is 61.4 Å². The van der Waals surface area contributed by atoms with Gasteiger partial charge in [-0.15, -0.1) is 0 Å². The van der Waals surface area contributed by atoms with E-state index < -0.39 is 167 Å². The molecule has 706 valence electrons. The molecule has 4 aromatic rings. The second-order valence-electron chi connectivity index (χ2n) is 28.0. The fourth-order valence-electron chi connectivity index (χ4n) is 8.72. The first kappa shape index (κ1) is 95.5. The first-order valence-electron chi connectivity index (χ1n) is 46.1. The number of rotatable bonds is 29. The Morgan fingerprint density at radius 1 is 0.565 bits per heavy atom. The zero-order chi connectivity index (χ0) is 110. The molecular formula is C85H130BrClF7IMgN4O24. The first-order chi connectivity index (χ1) is 63.7. The van der Waals surface area contributed by atoms with E-state index in [1.165, 1.54) is 39.8 Å². The van der Waals surface area contributed by atoms with Crippen LogP contribution in [0.2, 0.25) is 0 Å². The largest absolute Gasteiger partial charge is 2.00 e. The topological polar surface area (TPSA) is 436 Å². The fourth-order valence-corrected chi connectivity index (χ4v) is 8.99. The minimum absolute atomic E-state index is 0. The molecule has 0 radical (unpaired) electrons. The van der Waals surface area contributed by atoms with E-state index in [1.54, 1.807) is 20.8 Å². The number of alkyl carbamates (subject to hydrolysis) is 3. The summed E-state index contributed by atoms with van der Waals surface area (Å²) in [5.41, 5.74) is -3.47. The number of carboxylic acid groups (broad SMARTS) is 2. The molecule has 28 nitrogen and oxygen atoms in total. The van der Waals surface area contributed by atoms with Crippen molar-refractivity contribution in [3.63, 3.8) is 0 Å². The van der Waals surface area contributed by atoms with Crippen LogP contribution in [0.3, 0.4) is 0 Å². The summed E-state index contributed by atoms with van der Waals surface area (Å²) >= 11 is 7.69. The number of benzene rings is 4. The maximum atomic E-state index is 13.6. The molecule has 7 rings (SSSR count). The maximum absolute atomic E-state index is 13.6. The Morgan fingerprint density at radius 2 is 0.911 bits per heavy atom. The van der Waals surface area contributed by atoms with Crippen molar-refractivity contribution in [2.45, 2.75) is 247 Å². The molecule has 3 aliphatic rings. The Bertz CT molecular complexity index is 4230. The number of amides is 3. The second-order valence-corrected chi connectivity index (χ2v) is 29.4. The number of hydrogen-bond donors (Lipinski definition) is 10. The fraction of sp³-hybridized carbons (Fsp3) is 0.576. The van der Waals surface area contributed by atoms with Gasteiger partial charge in [0.2, 0.25) is 5.24 Å². The summed E-state index contributed by atoms with van der Waals surface area (Å²) in [6.07, 6.45) is -7.71. The monoisotopic (exact) mass is 2010 g/mol. The smallest absolute Gasteiger partial charge is 1.00 e. The number of halogens is 10. The van der Waals surface area contributed by atoms with E-state index in [1.807, 2.05) is 97.9 Å². The third-order valence-electron chi connectivity index (χ3n) is 14.1. The second kappa shape index (κ2) is 69.5. The van der Waals surface area contributed by atoms with Crippen molar-refractivity contribution in [1.82, 2.24) is 16.0 Å². The summed E-state index contributed by atoms with van der Waals surface area (Å²) in [6.45, 7) is 3.82. The van der Waals surface area contributed by atoms with Gasteiger partial charge in [0.25, 0.3) is 5.78 Å². The van der Waals surface area contributed by atoms with E-state index in [-0.39, 0.29) is 187 Å². The van der Waals surface area contributed by atoms with Gasteiger partial charge >= 0.3 is 83.3 Å². The molecule has 0 spiro atoms. The zero-order valence-corrected chi connectivity index (χ0v) is 76.8. The SMILES string of the molecule is CC(=O)Cl.CCO.C[C@@H](CC(=O)OCc1ccccc1)C(=O)O.C[C@H](CO)CC(=O)OCc1ccccc1.O=C(C[C@H]1COC(=O)N1)OCc1ccccc1.O=C(c1ccc(Br)cc1)C(F)(F)F.[2HH].[2H]C([2H])([2H])C(C)(F)C[C@H](C)C(=O)O.[2H]C([2H])([2H])C(C)(F)C[C@H](C)CO.[2H]C([2H])([2H])C(C)(F)C[C@H](N)C(=O)OCC.[2H]C([2H])([2H])C(C)(F)C[C@H]1COC(=O)N1.[2H]C([2H])([2H])C(C)(O)C[C@H]1COC(=O)N1.[2H][C-]([2H])[2H].[I-].[Mg+2]. The molecule has 4 aromatic carbocycles. The molecule has 0 saturated carbocycles. The molecule has 0 aliphatic carbocycles. The van der Waals surface area contributed by atoms with Crippen LogP contribution >= 0.6 is 27.5 Å². The van der Waals surface area contributed by atoms with Gasteiger partial charge in [0, 0.05) is 71.6 Å². The number of aliphatic hydroxyl groups is 4. The minimum atomic E-state index is -4.80. The third kappa shape index (κ3) is 81.5. The van der Waals surface area contributed by atoms with E-state index >= 15 is 0 Å². The normalized spacial score (nSPS) is 19.7. The van der Waals surface area contributed by atoms with E-state index in [0.717, 1.165) is 56.5 Å². The van der Waals surface area contributed by atoms with Crippen LogP contribution in [-0.4, -0.2) is 224 Å². The number of esters is 4. The molecule has 3 heterocycles. The van der Waals surface area contributed by atoms with E-state index in [2.05, 4.69) is 62.4 Å². The van der Waals surface area contributed by atoms with Gasteiger partial charge in [-0.2, -0.15) is 13.2 Å². The molecule has 3 aliphatic heterocycles. The van der Waals surface area contributed by atoms with Gasteiger partial charge in [-0.1, -0.05) is 135 Å². The van der Waals surface area contributed by atoms with Crippen molar-refractivity contribution in [2.75, 3.05) is 46.2 Å². The van der Waals surface area contributed by atoms with Gasteiger partial charge in [-0.25, -0.2) is 36.1 Å². The number of cyclic esters (lactones) is 3. The van der Waals surface area contributed by atoms with Crippen LogP contribution in [0.4, 0.5) is 45.1 Å². The number of aliphatic hydroxyl groups excluding tert-OH is 3. The first-order valence-corrected chi connectivity index (χ1v) is 38.2.